The number of carbonyl (C=O) groups is 2. The number of hydrogen-bond donors (Lipinski definition) is 0. The highest BCUT2D eigenvalue weighted by atomic mass is 127. The van der Waals surface area contributed by atoms with Crippen molar-refractivity contribution in [2.75, 3.05) is 13.2 Å². The summed E-state index contributed by atoms with van der Waals surface area (Å²) >= 11 is 1.93. The van der Waals surface area contributed by atoms with Crippen LogP contribution in [0.2, 0.25) is 0 Å². The maximum atomic E-state index is 13.7. The van der Waals surface area contributed by atoms with Crippen LogP contribution >= 0.6 is 22.6 Å². The number of rotatable bonds is 13. The van der Waals surface area contributed by atoms with Crippen LogP contribution in [0.25, 0.3) is 0 Å². The van der Waals surface area contributed by atoms with Gasteiger partial charge in [-0.2, -0.15) is 8.78 Å². The fraction of sp³-hybridized carbons (Fsp3) is 0.652. The second kappa shape index (κ2) is 13.2. The van der Waals surface area contributed by atoms with Gasteiger partial charge in [-0.1, -0.05) is 60.7 Å². The molecule has 0 bridgehead atoms. The molecule has 4 nitrogen and oxygen atoms in total. The highest BCUT2D eigenvalue weighted by Crippen LogP contribution is 2.28. The van der Waals surface area contributed by atoms with Crippen molar-refractivity contribution in [3.05, 3.63) is 35.4 Å². The molecule has 0 aliphatic heterocycles. The number of alkyl halides is 3. The summed E-state index contributed by atoms with van der Waals surface area (Å²) in [6.07, 6.45) is 2.20. The molecule has 1 aromatic rings. The van der Waals surface area contributed by atoms with E-state index in [1.807, 2.05) is 53.8 Å². The van der Waals surface area contributed by atoms with E-state index in [-0.39, 0.29) is 29.0 Å². The van der Waals surface area contributed by atoms with Gasteiger partial charge in [0.15, 0.2) is 0 Å². The lowest BCUT2D eigenvalue weighted by atomic mass is 9.97. The molecule has 0 amide bonds. The zero-order valence-electron chi connectivity index (χ0n) is 18.3. The van der Waals surface area contributed by atoms with Crippen LogP contribution in [0, 0.1) is 5.92 Å². The molecule has 7 heteroatoms. The van der Waals surface area contributed by atoms with Gasteiger partial charge in [-0.3, -0.25) is 4.79 Å². The third-order valence-electron chi connectivity index (χ3n) is 4.69. The zero-order chi connectivity index (χ0) is 22.7. The Morgan fingerprint density at radius 2 is 1.70 bits per heavy atom. The third-order valence-corrected chi connectivity index (χ3v) is 5.75. The Morgan fingerprint density at radius 1 is 1.07 bits per heavy atom. The lowest BCUT2D eigenvalue weighted by Gasteiger charge is -2.18. The smallest absolute Gasteiger partial charge is 0.377 e. The van der Waals surface area contributed by atoms with Gasteiger partial charge in [-0.05, 0) is 56.6 Å². The molecule has 0 saturated carbocycles. The topological polar surface area (TPSA) is 52.6 Å². The normalized spacial score (nSPS) is 13.7. The summed E-state index contributed by atoms with van der Waals surface area (Å²) in [6, 6.07) is 8.03. The van der Waals surface area contributed by atoms with Gasteiger partial charge in [0.2, 0.25) is 0 Å². The Hall–Kier alpha value is -1.25. The quantitative estimate of drug-likeness (QED) is 0.132. The maximum Gasteiger partial charge on any atom is 0.377 e. The van der Waals surface area contributed by atoms with Crippen LogP contribution in [0.5, 0.6) is 0 Å². The lowest BCUT2D eigenvalue weighted by Crippen LogP contribution is -2.33. The predicted molar refractivity (Wildman–Crippen MR) is 122 cm³/mol. The van der Waals surface area contributed by atoms with Crippen LogP contribution in [-0.4, -0.2) is 35.0 Å². The van der Waals surface area contributed by atoms with Crippen molar-refractivity contribution < 1.29 is 27.8 Å². The zero-order valence-corrected chi connectivity index (χ0v) is 20.4. The molecule has 0 aliphatic carbocycles. The number of halogens is 3. The molecule has 0 heterocycles. The van der Waals surface area contributed by atoms with Crippen molar-refractivity contribution in [3.8, 4) is 0 Å². The van der Waals surface area contributed by atoms with E-state index in [0.717, 1.165) is 12.0 Å². The number of unbranched alkanes of at least 4 members (excludes halogenated alkanes) is 1. The summed E-state index contributed by atoms with van der Waals surface area (Å²) in [6.45, 7) is 7.84. The van der Waals surface area contributed by atoms with Gasteiger partial charge in [0.05, 0.1) is 19.1 Å². The van der Waals surface area contributed by atoms with E-state index in [0.29, 0.717) is 25.2 Å². The Balaban J connectivity index is 2.31. The van der Waals surface area contributed by atoms with Crippen LogP contribution in [-0.2, 0) is 25.5 Å². The summed E-state index contributed by atoms with van der Waals surface area (Å²) in [5.74, 6) is -4.98. The minimum atomic E-state index is -3.46. The van der Waals surface area contributed by atoms with Crippen molar-refractivity contribution in [1.82, 2.24) is 0 Å². The first kappa shape index (κ1) is 26.8. The van der Waals surface area contributed by atoms with Crippen molar-refractivity contribution in [2.24, 2.45) is 5.92 Å². The van der Waals surface area contributed by atoms with Gasteiger partial charge in [0.1, 0.15) is 0 Å². The molecule has 0 aliphatic rings. The minimum Gasteiger partial charge on any atom is -0.465 e. The number of hydrogen-bond acceptors (Lipinski definition) is 4. The monoisotopic (exact) mass is 538 g/mol. The van der Waals surface area contributed by atoms with E-state index in [9.17, 15) is 18.4 Å². The van der Waals surface area contributed by atoms with E-state index >= 15 is 0 Å². The molecule has 2 unspecified atom stereocenters. The summed E-state index contributed by atoms with van der Waals surface area (Å²) in [4.78, 5) is 23.5. The highest BCUT2D eigenvalue weighted by Gasteiger charge is 2.41. The summed E-state index contributed by atoms with van der Waals surface area (Å²) in [5.41, 5.74) is 2.16. The Morgan fingerprint density at radius 3 is 2.27 bits per heavy atom. The van der Waals surface area contributed by atoms with Crippen LogP contribution in [0.3, 0.4) is 0 Å². The lowest BCUT2D eigenvalue weighted by molar-refractivity contribution is -0.172. The molecule has 170 valence electrons. The van der Waals surface area contributed by atoms with E-state index in [1.54, 1.807) is 0 Å². The third kappa shape index (κ3) is 9.71. The fourth-order valence-corrected chi connectivity index (χ4v) is 4.01. The van der Waals surface area contributed by atoms with Gasteiger partial charge >= 0.3 is 17.9 Å². The molecular formula is C23H33F2IO4. The number of esters is 2. The van der Waals surface area contributed by atoms with Crippen molar-refractivity contribution in [3.63, 3.8) is 0 Å². The predicted octanol–water partition coefficient (Wildman–Crippen LogP) is 6.09. The molecule has 0 saturated heterocycles. The molecule has 0 radical (unpaired) electrons. The van der Waals surface area contributed by atoms with Crippen molar-refractivity contribution >= 4 is 34.5 Å². The highest BCUT2D eigenvalue weighted by molar-refractivity contribution is 14.1. The Kier molecular flexibility index (Phi) is 11.8. The van der Waals surface area contributed by atoms with Gasteiger partial charge in [-0.15, -0.1) is 0 Å². The van der Waals surface area contributed by atoms with Gasteiger partial charge in [-0.25, -0.2) is 4.79 Å². The van der Waals surface area contributed by atoms with Crippen molar-refractivity contribution in [1.29, 1.82) is 0 Å². The molecule has 1 rings (SSSR count). The average Bonchev–Trinajstić information content (AvgIpc) is 2.67. The SMILES string of the molecule is CCOC(=O)C(F)(F)CC(I)CCCCOC(=O)C(C)c1ccc(CC(C)C)cc1. The molecule has 0 spiro atoms. The van der Waals surface area contributed by atoms with E-state index in [1.165, 1.54) is 12.5 Å². The van der Waals surface area contributed by atoms with E-state index in [2.05, 4.69) is 18.6 Å². The van der Waals surface area contributed by atoms with Crippen LogP contribution in [0.4, 0.5) is 8.78 Å². The van der Waals surface area contributed by atoms with Crippen LogP contribution < -0.4 is 0 Å². The van der Waals surface area contributed by atoms with E-state index in [4.69, 9.17) is 4.74 Å². The second-order valence-electron chi connectivity index (χ2n) is 7.95. The largest absolute Gasteiger partial charge is 0.465 e. The second-order valence-corrected chi connectivity index (χ2v) is 9.71. The van der Waals surface area contributed by atoms with Crippen LogP contribution in [0.15, 0.2) is 24.3 Å². The first-order valence-corrected chi connectivity index (χ1v) is 11.8. The molecule has 30 heavy (non-hydrogen) atoms. The molecular weight excluding hydrogens is 505 g/mol. The Bertz CT molecular complexity index is 662. The molecule has 0 N–H and O–H groups in total. The summed E-state index contributed by atoms with van der Waals surface area (Å²) in [5, 5.41) is 0. The maximum absolute atomic E-state index is 13.7. The van der Waals surface area contributed by atoms with Gasteiger partial charge in [0, 0.05) is 10.3 Å². The first-order chi connectivity index (χ1) is 14.1. The van der Waals surface area contributed by atoms with Gasteiger partial charge in [0.25, 0.3) is 0 Å². The molecule has 1 aromatic carbocycles. The standard InChI is InChI=1S/C23H33F2IO4/c1-5-29-22(28)23(24,25)15-20(26)8-6-7-13-30-21(27)17(4)19-11-9-18(10-12-19)14-16(2)3/h9-12,16-17,20H,5-8,13-15H2,1-4H3. The first-order valence-electron chi connectivity index (χ1n) is 10.5. The number of ether oxygens (including phenoxy) is 2. The minimum absolute atomic E-state index is 0.0633. The fourth-order valence-electron chi connectivity index (χ4n) is 3.02. The molecule has 0 aromatic heterocycles. The van der Waals surface area contributed by atoms with Gasteiger partial charge < -0.3 is 9.47 Å². The summed E-state index contributed by atoms with van der Waals surface area (Å²) < 4.78 is 36.8. The Labute approximate surface area is 192 Å². The number of carbonyl (C=O) groups excluding carboxylic acids is 2. The van der Waals surface area contributed by atoms with Crippen molar-refractivity contribution in [2.45, 2.75) is 75.6 Å². The van der Waals surface area contributed by atoms with E-state index < -0.39 is 18.3 Å². The van der Waals surface area contributed by atoms with Crippen LogP contribution in [0.1, 0.15) is 70.4 Å². The molecule has 0 fully saturated rings. The number of benzene rings is 1. The summed E-state index contributed by atoms with van der Waals surface area (Å²) in [7, 11) is 0. The molecule has 2 atom stereocenters. The average molecular weight is 538 g/mol.